The second-order valence-corrected chi connectivity index (χ2v) is 12.5. The van der Waals surface area contributed by atoms with E-state index < -0.39 is 17.7 Å². The van der Waals surface area contributed by atoms with Crippen LogP contribution >= 0.6 is 11.3 Å². The van der Waals surface area contributed by atoms with Gasteiger partial charge in [0.05, 0.1) is 34.1 Å². The molecule has 1 aliphatic heterocycles. The molecular weight excluding hydrogens is 612 g/mol. The van der Waals surface area contributed by atoms with Gasteiger partial charge in [-0.2, -0.15) is 0 Å². The Labute approximate surface area is 275 Å². The molecule has 0 aliphatic carbocycles. The third-order valence-corrected chi connectivity index (χ3v) is 9.22. The minimum atomic E-state index is -1.01. The first-order valence-electron chi connectivity index (χ1n) is 15.3. The molecule has 1 fully saturated rings. The number of ether oxygens (including phenoxy) is 2. The molecule has 3 aromatic heterocycles. The van der Waals surface area contributed by atoms with Crippen LogP contribution < -0.4 is 14.4 Å². The minimum Gasteiger partial charge on any atom is -0.505 e. The summed E-state index contributed by atoms with van der Waals surface area (Å²) in [5, 5.41) is 12.3. The number of pyridine rings is 1. The fourth-order valence-corrected chi connectivity index (χ4v) is 7.32. The number of aliphatic hydroxyl groups is 1. The van der Waals surface area contributed by atoms with E-state index in [4.69, 9.17) is 14.5 Å². The van der Waals surface area contributed by atoms with Gasteiger partial charge in [0.15, 0.2) is 22.4 Å². The first-order valence-corrected chi connectivity index (χ1v) is 16.1. The Hall–Kier alpha value is -5.48. The number of carbonyl (C=O) groups is 2. The van der Waals surface area contributed by atoms with E-state index in [1.54, 1.807) is 35.7 Å². The highest BCUT2D eigenvalue weighted by Gasteiger charge is 2.49. The molecule has 1 saturated heterocycles. The standard InChI is InChI=1S/C37H32N4O5S/c1-5-45-27-19-25(14-15-26(27)46-20-24-11-7-6-8-12-24)33-30(34(42)32-23(4)38-29-13-9-10-16-40(29)32)35(43)36(44)41(33)37-39-31-22(3)17-21(2)18-28(31)47-37/h6-19,33,42H,5,20H2,1-4H3. The normalized spacial score (nSPS) is 16.0. The number of nitrogens with zero attached hydrogens (tertiary/aromatic N) is 4. The van der Waals surface area contributed by atoms with Crippen LogP contribution in [0.5, 0.6) is 11.5 Å². The van der Waals surface area contributed by atoms with E-state index in [2.05, 4.69) is 4.98 Å². The van der Waals surface area contributed by atoms with Gasteiger partial charge in [-0.3, -0.25) is 18.9 Å². The van der Waals surface area contributed by atoms with Crippen LogP contribution in [0.4, 0.5) is 5.13 Å². The molecule has 1 unspecified atom stereocenters. The van der Waals surface area contributed by atoms with E-state index in [1.807, 2.05) is 81.4 Å². The number of aryl methyl sites for hydroxylation is 3. The number of carbonyl (C=O) groups excluding carboxylic acids is 2. The van der Waals surface area contributed by atoms with E-state index in [0.717, 1.165) is 26.9 Å². The molecule has 1 atom stereocenters. The largest absolute Gasteiger partial charge is 0.505 e. The lowest BCUT2D eigenvalue weighted by atomic mass is 9.96. The number of hydrogen-bond acceptors (Lipinski definition) is 8. The van der Waals surface area contributed by atoms with Crippen LogP contribution in [-0.2, 0) is 16.2 Å². The quantitative estimate of drug-likeness (QED) is 0.104. The molecular formula is C37H32N4O5S. The third-order valence-electron chi connectivity index (χ3n) is 8.22. The number of anilines is 1. The number of imidazole rings is 1. The SMILES string of the molecule is CCOc1cc(C2C(=C(O)c3c(C)nc4ccccn34)C(=O)C(=O)N2c2nc3c(C)cc(C)cc3s2)ccc1OCc1ccccc1. The van der Waals surface area contributed by atoms with E-state index >= 15 is 0 Å². The summed E-state index contributed by atoms with van der Waals surface area (Å²) in [6.45, 7) is 8.31. The summed E-state index contributed by atoms with van der Waals surface area (Å²) < 4.78 is 14.8. The highest BCUT2D eigenvalue weighted by atomic mass is 32.1. The van der Waals surface area contributed by atoms with Crippen molar-refractivity contribution in [2.45, 2.75) is 40.3 Å². The average Bonchev–Trinajstić information content (AvgIpc) is 3.71. The number of thiazole rings is 1. The molecule has 1 N–H and O–H groups in total. The first-order chi connectivity index (χ1) is 22.7. The second kappa shape index (κ2) is 12.0. The Morgan fingerprint density at radius 1 is 0.915 bits per heavy atom. The van der Waals surface area contributed by atoms with Gasteiger partial charge in [0, 0.05) is 6.20 Å². The topological polar surface area (TPSA) is 106 Å². The van der Waals surface area contributed by atoms with Crippen molar-refractivity contribution in [3.05, 3.63) is 124 Å². The molecule has 236 valence electrons. The fourth-order valence-electron chi connectivity index (χ4n) is 6.15. The molecule has 3 aromatic carbocycles. The number of rotatable bonds is 8. The Balaban J connectivity index is 1.41. The lowest BCUT2D eigenvalue weighted by molar-refractivity contribution is -0.132. The Bertz CT molecular complexity index is 2220. The summed E-state index contributed by atoms with van der Waals surface area (Å²) in [7, 11) is 0. The number of fused-ring (bicyclic) bond motifs is 2. The van der Waals surface area contributed by atoms with Crippen molar-refractivity contribution in [1.82, 2.24) is 14.4 Å². The monoisotopic (exact) mass is 644 g/mol. The van der Waals surface area contributed by atoms with Crippen LogP contribution in [0, 0.1) is 20.8 Å². The van der Waals surface area contributed by atoms with Crippen molar-refractivity contribution < 1.29 is 24.2 Å². The maximum atomic E-state index is 14.0. The van der Waals surface area contributed by atoms with Gasteiger partial charge in [-0.05, 0) is 80.3 Å². The van der Waals surface area contributed by atoms with Crippen molar-refractivity contribution in [3.8, 4) is 11.5 Å². The molecule has 0 bridgehead atoms. The molecule has 47 heavy (non-hydrogen) atoms. The highest BCUT2D eigenvalue weighted by molar-refractivity contribution is 7.22. The Morgan fingerprint density at radius 3 is 2.49 bits per heavy atom. The minimum absolute atomic E-state index is 0.0590. The van der Waals surface area contributed by atoms with Crippen molar-refractivity contribution in [2.75, 3.05) is 11.5 Å². The van der Waals surface area contributed by atoms with Gasteiger partial charge >= 0.3 is 5.91 Å². The number of Topliss-reactive ketones (excluding diaryl/α,β-unsaturated/α-hetero) is 1. The number of aliphatic hydroxyl groups excluding tert-OH is 1. The molecule has 1 aliphatic rings. The summed E-state index contributed by atoms with van der Waals surface area (Å²) in [6, 6.07) is 23.7. The summed E-state index contributed by atoms with van der Waals surface area (Å²) in [5.74, 6) is -0.943. The number of hydrogen-bond donors (Lipinski definition) is 1. The first kappa shape index (κ1) is 30.2. The van der Waals surface area contributed by atoms with Gasteiger partial charge in [-0.1, -0.05) is 59.9 Å². The van der Waals surface area contributed by atoms with E-state index in [1.165, 1.54) is 16.2 Å². The van der Waals surface area contributed by atoms with Crippen LogP contribution in [0.1, 0.15) is 46.6 Å². The maximum absolute atomic E-state index is 14.0. The lowest BCUT2D eigenvalue weighted by Gasteiger charge is -2.24. The van der Waals surface area contributed by atoms with Gasteiger partial charge in [0.2, 0.25) is 0 Å². The zero-order valence-corrected chi connectivity index (χ0v) is 27.2. The van der Waals surface area contributed by atoms with Crippen LogP contribution in [0.3, 0.4) is 0 Å². The third kappa shape index (κ3) is 5.30. The van der Waals surface area contributed by atoms with Crippen molar-refractivity contribution >= 4 is 49.8 Å². The second-order valence-electron chi connectivity index (χ2n) is 11.5. The molecule has 0 spiro atoms. The van der Waals surface area contributed by atoms with E-state index in [9.17, 15) is 14.7 Å². The lowest BCUT2D eigenvalue weighted by Crippen LogP contribution is -2.29. The zero-order valence-electron chi connectivity index (χ0n) is 26.4. The average molecular weight is 645 g/mol. The van der Waals surface area contributed by atoms with Crippen molar-refractivity contribution in [3.63, 3.8) is 0 Å². The Kier molecular flexibility index (Phi) is 7.73. The van der Waals surface area contributed by atoms with Gasteiger partial charge in [0.1, 0.15) is 17.9 Å². The predicted molar refractivity (Wildman–Crippen MR) is 182 cm³/mol. The summed E-state index contributed by atoms with van der Waals surface area (Å²) in [6.07, 6.45) is 1.76. The van der Waals surface area contributed by atoms with Gasteiger partial charge < -0.3 is 14.6 Å². The zero-order chi connectivity index (χ0) is 32.8. The predicted octanol–water partition coefficient (Wildman–Crippen LogP) is 7.47. The smallest absolute Gasteiger partial charge is 0.301 e. The molecule has 0 saturated carbocycles. The van der Waals surface area contributed by atoms with E-state index in [-0.39, 0.29) is 11.3 Å². The number of aromatic nitrogens is 3. The van der Waals surface area contributed by atoms with Crippen LogP contribution in [0.25, 0.3) is 21.6 Å². The van der Waals surface area contributed by atoms with Crippen LogP contribution in [0.15, 0.2) is 90.6 Å². The van der Waals surface area contributed by atoms with Gasteiger partial charge in [-0.25, -0.2) is 9.97 Å². The van der Waals surface area contributed by atoms with Gasteiger partial charge in [-0.15, -0.1) is 0 Å². The summed E-state index contributed by atoms with van der Waals surface area (Å²) in [4.78, 5) is 38.8. The molecule has 9 nitrogen and oxygen atoms in total. The van der Waals surface area contributed by atoms with Crippen molar-refractivity contribution in [2.24, 2.45) is 0 Å². The molecule has 6 aromatic rings. The van der Waals surface area contributed by atoms with Crippen molar-refractivity contribution in [1.29, 1.82) is 0 Å². The fraction of sp³-hybridized carbons (Fsp3) is 0.189. The van der Waals surface area contributed by atoms with Crippen LogP contribution in [-0.4, -0.2) is 37.8 Å². The van der Waals surface area contributed by atoms with E-state index in [0.29, 0.717) is 52.4 Å². The van der Waals surface area contributed by atoms with Crippen LogP contribution in [0.2, 0.25) is 0 Å². The maximum Gasteiger partial charge on any atom is 0.301 e. The molecule has 10 heteroatoms. The molecule has 1 amide bonds. The molecule has 0 radical (unpaired) electrons. The Morgan fingerprint density at radius 2 is 1.70 bits per heavy atom. The number of ketones is 1. The summed E-state index contributed by atoms with van der Waals surface area (Å²) >= 11 is 1.33. The summed E-state index contributed by atoms with van der Waals surface area (Å²) in [5.41, 5.74) is 5.75. The number of amides is 1. The highest BCUT2D eigenvalue weighted by Crippen LogP contribution is 2.46. The van der Waals surface area contributed by atoms with Gasteiger partial charge in [0.25, 0.3) is 5.78 Å². The molecule has 4 heterocycles. The number of benzene rings is 3. The molecule has 7 rings (SSSR count).